The van der Waals surface area contributed by atoms with E-state index < -0.39 is 0 Å². The summed E-state index contributed by atoms with van der Waals surface area (Å²) in [6.07, 6.45) is 11.2. The number of anilines is 1. The zero-order chi connectivity index (χ0) is 28.2. The van der Waals surface area contributed by atoms with Gasteiger partial charge in [-0.3, -0.25) is 19.1 Å². The average Bonchev–Trinajstić information content (AvgIpc) is 3.25. The van der Waals surface area contributed by atoms with E-state index in [-0.39, 0.29) is 23.1 Å². The molecule has 2 aromatic rings. The third kappa shape index (κ3) is 5.77. The van der Waals surface area contributed by atoms with Crippen molar-refractivity contribution in [2.75, 3.05) is 18.0 Å². The number of carbonyl (C=O) groups excluding carboxylic acids is 1. The molecule has 0 bridgehead atoms. The highest BCUT2D eigenvalue weighted by atomic mass is 32.2. The van der Waals surface area contributed by atoms with Crippen LogP contribution in [0.5, 0.6) is 0 Å². The molecule has 0 spiro atoms. The first-order chi connectivity index (χ1) is 19.4. The summed E-state index contributed by atoms with van der Waals surface area (Å²) in [5, 5.41) is 9.96. The van der Waals surface area contributed by atoms with E-state index in [4.69, 9.17) is 12.2 Å². The Kier molecular flexibility index (Phi) is 9.12. The van der Waals surface area contributed by atoms with Crippen LogP contribution in [0.1, 0.15) is 80.5 Å². The van der Waals surface area contributed by atoms with Gasteiger partial charge in [0.25, 0.3) is 11.5 Å². The number of nitrogens with zero attached hydrogens (tertiary/aromatic N) is 4. The number of aromatic nitrogens is 1. The van der Waals surface area contributed by atoms with Crippen molar-refractivity contribution in [1.82, 2.24) is 9.47 Å². The molecule has 5 rings (SSSR count). The Labute approximate surface area is 247 Å². The summed E-state index contributed by atoms with van der Waals surface area (Å²) >= 11 is 7.05. The normalized spacial score (nSPS) is 20.0. The van der Waals surface area contributed by atoms with Crippen LogP contribution in [0.15, 0.2) is 40.0 Å². The summed E-state index contributed by atoms with van der Waals surface area (Å²) in [5.74, 6) is 1.38. The highest BCUT2D eigenvalue weighted by Crippen LogP contribution is 2.39. The third-order valence-corrected chi connectivity index (χ3v) is 9.94. The fourth-order valence-electron chi connectivity index (χ4n) is 6.48. The van der Waals surface area contributed by atoms with Crippen molar-refractivity contribution in [2.45, 2.75) is 84.2 Å². The molecule has 1 amide bonds. The Hall–Kier alpha value is -2.89. The summed E-state index contributed by atoms with van der Waals surface area (Å²) in [4.78, 5) is 31.9. The zero-order valence-corrected chi connectivity index (χ0v) is 25.2. The maximum atomic E-state index is 13.7. The van der Waals surface area contributed by atoms with Crippen LogP contribution in [0.3, 0.4) is 0 Å². The minimum absolute atomic E-state index is 0.0411. The predicted octanol–water partition coefficient (Wildman–Crippen LogP) is 6.43. The van der Waals surface area contributed by atoms with E-state index in [2.05, 4.69) is 41.3 Å². The van der Waals surface area contributed by atoms with Crippen LogP contribution in [0, 0.1) is 24.2 Å². The van der Waals surface area contributed by atoms with Gasteiger partial charge < -0.3 is 4.90 Å². The quantitative estimate of drug-likeness (QED) is 0.280. The highest BCUT2D eigenvalue weighted by molar-refractivity contribution is 8.26. The van der Waals surface area contributed by atoms with Gasteiger partial charge in [0.05, 0.1) is 4.91 Å². The molecule has 0 unspecified atom stereocenters. The second-order valence-electron chi connectivity index (χ2n) is 11.3. The molecule has 6 nitrogen and oxygen atoms in total. The van der Waals surface area contributed by atoms with Gasteiger partial charge in [0.15, 0.2) is 0 Å². The molecule has 1 aromatic carbocycles. The lowest BCUT2D eigenvalue weighted by molar-refractivity contribution is -0.124. The Morgan fingerprint density at radius 1 is 1.07 bits per heavy atom. The second kappa shape index (κ2) is 12.7. The van der Waals surface area contributed by atoms with Gasteiger partial charge in [-0.05, 0) is 68.6 Å². The zero-order valence-electron chi connectivity index (χ0n) is 23.5. The molecule has 8 heteroatoms. The molecular weight excluding hydrogens is 537 g/mol. The standard InChI is InChI=1S/C32H38N4O2S2/c1-3-16-35-29(34-17-14-24(15-18-34)19-23-10-6-4-7-11-23)26(22(2)27(21-33)30(35)37)20-28-31(38)36(32(39)40-28)25-12-8-5-9-13-25/h4,6-7,10-11,20,24-25H,3,5,8-9,12-19H2,1-2H3/b28-20-. The van der Waals surface area contributed by atoms with Gasteiger partial charge in [-0.25, -0.2) is 0 Å². The highest BCUT2D eigenvalue weighted by Gasteiger charge is 2.38. The lowest BCUT2D eigenvalue weighted by atomic mass is 9.90. The summed E-state index contributed by atoms with van der Waals surface area (Å²) < 4.78 is 2.39. The van der Waals surface area contributed by atoms with Gasteiger partial charge in [-0.1, -0.05) is 80.5 Å². The van der Waals surface area contributed by atoms with E-state index in [0.29, 0.717) is 27.3 Å². The van der Waals surface area contributed by atoms with Gasteiger partial charge in [0.1, 0.15) is 21.8 Å². The van der Waals surface area contributed by atoms with Gasteiger partial charge in [-0.2, -0.15) is 5.26 Å². The molecule has 0 atom stereocenters. The Morgan fingerprint density at radius 3 is 2.42 bits per heavy atom. The molecule has 1 saturated carbocycles. The van der Waals surface area contributed by atoms with Crippen molar-refractivity contribution in [1.29, 1.82) is 5.26 Å². The number of rotatable bonds is 7. The van der Waals surface area contributed by atoms with Crippen molar-refractivity contribution in [3.63, 3.8) is 0 Å². The van der Waals surface area contributed by atoms with Crippen LogP contribution >= 0.6 is 24.0 Å². The molecule has 0 radical (unpaired) electrons. The first kappa shape index (κ1) is 28.6. The SMILES string of the molecule is CCCn1c(N2CCC(Cc3ccccc3)CC2)c(/C=C2\SC(=S)N(C3CCCCC3)C2=O)c(C)c(C#N)c1=O. The molecule has 2 saturated heterocycles. The molecule has 3 aliphatic rings. The lowest BCUT2D eigenvalue weighted by Gasteiger charge is -2.36. The number of nitriles is 1. The lowest BCUT2D eigenvalue weighted by Crippen LogP contribution is -2.40. The van der Waals surface area contributed by atoms with Crippen molar-refractivity contribution < 1.29 is 4.79 Å². The first-order valence-corrected chi connectivity index (χ1v) is 15.9. The summed E-state index contributed by atoms with van der Waals surface area (Å²) in [6.45, 7) is 6.07. The molecule has 0 N–H and O–H groups in total. The predicted molar refractivity (Wildman–Crippen MR) is 167 cm³/mol. The summed E-state index contributed by atoms with van der Waals surface area (Å²) in [7, 11) is 0. The van der Waals surface area contributed by atoms with Crippen molar-refractivity contribution in [3.05, 3.63) is 67.8 Å². The van der Waals surface area contributed by atoms with Crippen LogP contribution in [-0.4, -0.2) is 38.8 Å². The number of piperidine rings is 1. The third-order valence-electron chi connectivity index (χ3n) is 8.61. The maximum absolute atomic E-state index is 13.7. The van der Waals surface area contributed by atoms with Crippen LogP contribution in [0.25, 0.3) is 6.08 Å². The van der Waals surface area contributed by atoms with Crippen LogP contribution < -0.4 is 10.5 Å². The molecule has 2 aliphatic heterocycles. The van der Waals surface area contributed by atoms with Crippen molar-refractivity contribution in [3.8, 4) is 6.07 Å². The van der Waals surface area contributed by atoms with Gasteiger partial charge in [0, 0.05) is 31.2 Å². The molecular formula is C32H38N4O2S2. The van der Waals surface area contributed by atoms with Crippen LogP contribution in [-0.2, 0) is 17.8 Å². The molecule has 1 aromatic heterocycles. The van der Waals surface area contributed by atoms with E-state index >= 15 is 0 Å². The summed E-state index contributed by atoms with van der Waals surface area (Å²) in [5.41, 5.74) is 2.72. The van der Waals surface area contributed by atoms with E-state index in [0.717, 1.165) is 75.8 Å². The number of pyridine rings is 1. The van der Waals surface area contributed by atoms with E-state index in [1.165, 1.54) is 23.7 Å². The fraction of sp³-hybridized carbons (Fsp3) is 0.500. The second-order valence-corrected chi connectivity index (χ2v) is 12.9. The maximum Gasteiger partial charge on any atom is 0.270 e. The molecule has 3 heterocycles. The van der Waals surface area contributed by atoms with E-state index in [1.54, 1.807) is 4.57 Å². The number of benzene rings is 1. The van der Waals surface area contributed by atoms with Crippen LogP contribution in [0.2, 0.25) is 0 Å². The van der Waals surface area contributed by atoms with E-state index in [1.807, 2.05) is 24.8 Å². The average molecular weight is 575 g/mol. The van der Waals surface area contributed by atoms with E-state index in [9.17, 15) is 14.9 Å². The Bertz CT molecular complexity index is 1390. The molecule has 40 heavy (non-hydrogen) atoms. The Balaban J connectivity index is 1.50. The number of hydrogen-bond acceptors (Lipinski definition) is 6. The minimum atomic E-state index is -0.241. The number of amides is 1. The van der Waals surface area contributed by atoms with Gasteiger partial charge in [-0.15, -0.1) is 0 Å². The first-order valence-electron chi connectivity index (χ1n) is 14.7. The topological polar surface area (TPSA) is 69.3 Å². The number of thioether (sulfide) groups is 1. The van der Waals surface area contributed by atoms with Gasteiger partial charge >= 0.3 is 0 Å². The summed E-state index contributed by atoms with van der Waals surface area (Å²) in [6, 6.07) is 13.0. The monoisotopic (exact) mass is 574 g/mol. The largest absolute Gasteiger partial charge is 0.357 e. The van der Waals surface area contributed by atoms with Crippen molar-refractivity contribution in [2.24, 2.45) is 5.92 Å². The van der Waals surface area contributed by atoms with Crippen molar-refractivity contribution >= 4 is 46.1 Å². The molecule has 1 aliphatic carbocycles. The van der Waals surface area contributed by atoms with Crippen LogP contribution in [0.4, 0.5) is 5.82 Å². The number of thiocarbonyl (C=S) groups is 1. The molecule has 3 fully saturated rings. The van der Waals surface area contributed by atoms with Gasteiger partial charge in [0.2, 0.25) is 0 Å². The fourth-order valence-corrected chi connectivity index (χ4v) is 7.86. The smallest absolute Gasteiger partial charge is 0.270 e. The number of hydrogen-bond donors (Lipinski definition) is 0. The molecule has 210 valence electrons. The number of carbonyl (C=O) groups is 1. The minimum Gasteiger partial charge on any atom is -0.357 e. The Morgan fingerprint density at radius 2 is 1.77 bits per heavy atom.